The average molecular weight is 295 g/mol. The van der Waals surface area contributed by atoms with Crippen molar-refractivity contribution in [3.05, 3.63) is 0 Å². The highest BCUT2D eigenvalue weighted by atomic mass is 16.5. The van der Waals surface area contributed by atoms with Gasteiger partial charge in [-0.15, -0.1) is 0 Å². The van der Waals surface area contributed by atoms with E-state index in [0.29, 0.717) is 13.1 Å². The summed E-state index contributed by atoms with van der Waals surface area (Å²) in [4.78, 5) is 25.7. The summed E-state index contributed by atoms with van der Waals surface area (Å²) in [6.45, 7) is 5.25. The second-order valence-corrected chi connectivity index (χ2v) is 6.78. The van der Waals surface area contributed by atoms with E-state index in [-0.39, 0.29) is 36.0 Å². The number of piperidine rings is 1. The van der Waals surface area contributed by atoms with Crippen molar-refractivity contribution in [3.63, 3.8) is 0 Å². The van der Waals surface area contributed by atoms with Crippen LogP contribution < -0.4 is 10.6 Å². The Morgan fingerprint density at radius 3 is 2.43 bits per heavy atom. The molecule has 118 valence electrons. The highest BCUT2D eigenvalue weighted by Crippen LogP contribution is 2.29. The van der Waals surface area contributed by atoms with Crippen molar-refractivity contribution in [3.8, 4) is 0 Å². The maximum atomic E-state index is 12.1. The molecule has 3 aliphatic rings. The van der Waals surface area contributed by atoms with Crippen molar-refractivity contribution in [2.24, 2.45) is 5.92 Å². The molecule has 1 saturated carbocycles. The van der Waals surface area contributed by atoms with E-state index in [9.17, 15) is 9.59 Å². The molecule has 0 atom stereocenters. The zero-order chi connectivity index (χ0) is 14.9. The van der Waals surface area contributed by atoms with E-state index in [1.165, 1.54) is 0 Å². The minimum absolute atomic E-state index is 0.0649. The third-order valence-electron chi connectivity index (χ3n) is 4.68. The predicted octanol–water partition coefficient (Wildman–Crippen LogP) is -0.118. The Morgan fingerprint density at radius 2 is 1.90 bits per heavy atom. The average Bonchev–Trinajstić information content (AvgIpc) is 3.28. The molecule has 0 radical (unpaired) electrons. The summed E-state index contributed by atoms with van der Waals surface area (Å²) in [6, 6.07) is 0.233. The van der Waals surface area contributed by atoms with E-state index in [4.69, 9.17) is 4.74 Å². The van der Waals surface area contributed by atoms with Gasteiger partial charge >= 0.3 is 0 Å². The molecule has 0 aromatic rings. The third kappa shape index (κ3) is 3.74. The van der Waals surface area contributed by atoms with Gasteiger partial charge in [-0.2, -0.15) is 0 Å². The topological polar surface area (TPSA) is 70.7 Å². The van der Waals surface area contributed by atoms with E-state index in [1.807, 2.05) is 11.8 Å². The molecule has 3 fully saturated rings. The lowest BCUT2D eigenvalue weighted by Gasteiger charge is -2.39. The number of hydrogen-bond acceptors (Lipinski definition) is 4. The lowest BCUT2D eigenvalue weighted by Crippen LogP contribution is -2.60. The maximum absolute atomic E-state index is 12.1. The zero-order valence-electron chi connectivity index (χ0n) is 12.7. The predicted molar refractivity (Wildman–Crippen MR) is 77.7 cm³/mol. The van der Waals surface area contributed by atoms with Gasteiger partial charge in [-0.25, -0.2) is 0 Å². The Bertz CT molecular complexity index is 410. The number of nitrogens with zero attached hydrogens (tertiary/aromatic N) is 1. The van der Waals surface area contributed by atoms with Gasteiger partial charge in [-0.3, -0.25) is 9.59 Å². The molecule has 2 saturated heterocycles. The first kappa shape index (κ1) is 14.8. The van der Waals surface area contributed by atoms with Gasteiger partial charge in [-0.05, 0) is 32.6 Å². The number of hydrogen-bond donors (Lipinski definition) is 2. The second kappa shape index (κ2) is 5.93. The molecule has 2 amide bonds. The first-order valence-electron chi connectivity index (χ1n) is 7.99. The molecule has 21 heavy (non-hydrogen) atoms. The number of ether oxygens (including phenoxy) is 1. The van der Waals surface area contributed by atoms with Crippen molar-refractivity contribution < 1.29 is 14.3 Å². The van der Waals surface area contributed by atoms with Crippen LogP contribution in [0.5, 0.6) is 0 Å². The summed E-state index contributed by atoms with van der Waals surface area (Å²) in [7, 11) is 0. The molecule has 6 nitrogen and oxygen atoms in total. The Hall–Kier alpha value is -1.14. The van der Waals surface area contributed by atoms with Crippen LogP contribution in [-0.2, 0) is 14.3 Å². The number of rotatable bonds is 5. The molecule has 6 heteroatoms. The van der Waals surface area contributed by atoms with Crippen molar-refractivity contribution in [1.82, 2.24) is 15.5 Å². The summed E-state index contributed by atoms with van der Waals surface area (Å²) >= 11 is 0. The molecule has 0 unspecified atom stereocenters. The van der Waals surface area contributed by atoms with Gasteiger partial charge in [-0.1, -0.05) is 0 Å². The van der Waals surface area contributed by atoms with Gasteiger partial charge in [0.2, 0.25) is 11.8 Å². The van der Waals surface area contributed by atoms with Crippen LogP contribution in [0, 0.1) is 5.92 Å². The molecule has 0 aromatic heterocycles. The molecule has 0 spiro atoms. The number of nitrogens with one attached hydrogen (secondary N) is 2. The SMILES string of the molecule is CC1(OCC(=O)N2CCC(NC(=O)C3CC3)CC2)CNC1. The first-order valence-corrected chi connectivity index (χ1v) is 7.99. The lowest BCUT2D eigenvalue weighted by atomic mass is 10.0. The minimum Gasteiger partial charge on any atom is -0.363 e. The monoisotopic (exact) mass is 295 g/mol. The van der Waals surface area contributed by atoms with Gasteiger partial charge in [0.1, 0.15) is 6.61 Å². The molecule has 3 rings (SSSR count). The summed E-state index contributed by atoms with van der Waals surface area (Å²) in [6.07, 6.45) is 3.77. The highest BCUT2D eigenvalue weighted by Gasteiger charge is 2.35. The molecular formula is C15H25N3O3. The molecular weight excluding hydrogens is 270 g/mol. The third-order valence-corrected chi connectivity index (χ3v) is 4.68. The van der Waals surface area contributed by atoms with E-state index in [0.717, 1.165) is 38.8 Å². The fourth-order valence-electron chi connectivity index (χ4n) is 2.84. The molecule has 0 aromatic carbocycles. The molecule has 0 bridgehead atoms. The van der Waals surface area contributed by atoms with Crippen LogP contribution in [0.15, 0.2) is 0 Å². The number of carbonyl (C=O) groups excluding carboxylic acids is 2. The first-order chi connectivity index (χ1) is 10.1. The molecule has 2 heterocycles. The standard InChI is InChI=1S/C15H25N3O3/c1-15(9-16-10-15)21-8-13(19)18-6-4-12(5-7-18)17-14(20)11-2-3-11/h11-12,16H,2-10H2,1H3,(H,17,20). The Balaban J connectivity index is 1.36. The lowest BCUT2D eigenvalue weighted by molar-refractivity contribution is -0.147. The van der Waals surface area contributed by atoms with Crippen LogP contribution in [0.2, 0.25) is 0 Å². The van der Waals surface area contributed by atoms with Gasteiger partial charge < -0.3 is 20.3 Å². The smallest absolute Gasteiger partial charge is 0.248 e. The van der Waals surface area contributed by atoms with Gasteiger partial charge in [0, 0.05) is 38.1 Å². The van der Waals surface area contributed by atoms with Crippen LogP contribution in [0.4, 0.5) is 0 Å². The number of amides is 2. The van der Waals surface area contributed by atoms with E-state index >= 15 is 0 Å². The maximum Gasteiger partial charge on any atom is 0.248 e. The van der Waals surface area contributed by atoms with E-state index in [2.05, 4.69) is 10.6 Å². The van der Waals surface area contributed by atoms with Crippen LogP contribution in [0.1, 0.15) is 32.6 Å². The fraction of sp³-hybridized carbons (Fsp3) is 0.867. The van der Waals surface area contributed by atoms with Gasteiger partial charge in [0.05, 0.1) is 5.60 Å². The van der Waals surface area contributed by atoms with Crippen LogP contribution in [0.3, 0.4) is 0 Å². The van der Waals surface area contributed by atoms with Crippen molar-refractivity contribution in [1.29, 1.82) is 0 Å². The van der Waals surface area contributed by atoms with Gasteiger partial charge in [0.25, 0.3) is 0 Å². The van der Waals surface area contributed by atoms with Crippen molar-refractivity contribution in [2.45, 2.75) is 44.2 Å². The van der Waals surface area contributed by atoms with E-state index < -0.39 is 0 Å². The van der Waals surface area contributed by atoms with Crippen LogP contribution in [-0.4, -0.2) is 61.1 Å². The molecule has 1 aliphatic carbocycles. The zero-order valence-corrected chi connectivity index (χ0v) is 12.7. The summed E-state index contributed by atoms with van der Waals surface area (Å²) in [5, 5.41) is 6.25. The highest BCUT2D eigenvalue weighted by molar-refractivity contribution is 5.81. The minimum atomic E-state index is -0.174. The largest absolute Gasteiger partial charge is 0.363 e. The van der Waals surface area contributed by atoms with Crippen molar-refractivity contribution in [2.75, 3.05) is 32.8 Å². The van der Waals surface area contributed by atoms with Crippen LogP contribution >= 0.6 is 0 Å². The molecule has 2 N–H and O–H groups in total. The Morgan fingerprint density at radius 1 is 1.24 bits per heavy atom. The Kier molecular flexibility index (Phi) is 4.17. The summed E-state index contributed by atoms with van der Waals surface area (Å²) < 4.78 is 5.69. The van der Waals surface area contributed by atoms with Gasteiger partial charge in [0.15, 0.2) is 0 Å². The number of likely N-dealkylation sites (tertiary alicyclic amines) is 1. The van der Waals surface area contributed by atoms with Crippen molar-refractivity contribution >= 4 is 11.8 Å². The van der Waals surface area contributed by atoms with Crippen LogP contribution in [0.25, 0.3) is 0 Å². The Labute approximate surface area is 125 Å². The quantitative estimate of drug-likeness (QED) is 0.742. The van der Waals surface area contributed by atoms with E-state index in [1.54, 1.807) is 0 Å². The normalized spacial score (nSPS) is 25.3. The summed E-state index contributed by atoms with van der Waals surface area (Å²) in [5.41, 5.74) is -0.174. The second-order valence-electron chi connectivity index (χ2n) is 6.78. The fourth-order valence-corrected chi connectivity index (χ4v) is 2.84. The number of carbonyl (C=O) groups is 2. The molecule has 2 aliphatic heterocycles. The summed E-state index contributed by atoms with van der Waals surface area (Å²) in [5.74, 6) is 0.526.